The molecule has 0 unspecified atom stereocenters. The van der Waals surface area contributed by atoms with E-state index in [9.17, 15) is 27.6 Å². The van der Waals surface area contributed by atoms with Crippen molar-refractivity contribution in [1.82, 2.24) is 0 Å². The molecular formula is C21H18ClF3N2O5. The summed E-state index contributed by atoms with van der Waals surface area (Å²) in [6.45, 7) is -0.631. The molecule has 2 aromatic carbocycles. The molecule has 7 nitrogen and oxygen atoms in total. The van der Waals surface area contributed by atoms with Crippen LogP contribution >= 0.6 is 11.6 Å². The van der Waals surface area contributed by atoms with Crippen molar-refractivity contribution in [1.29, 1.82) is 0 Å². The lowest BCUT2D eigenvalue weighted by atomic mass is 10.1. The van der Waals surface area contributed by atoms with E-state index in [0.717, 1.165) is 6.07 Å². The lowest BCUT2D eigenvalue weighted by Gasteiger charge is -2.17. The van der Waals surface area contributed by atoms with Crippen molar-refractivity contribution in [3.05, 3.63) is 53.1 Å². The highest BCUT2D eigenvalue weighted by Gasteiger charge is 2.36. The van der Waals surface area contributed by atoms with Gasteiger partial charge in [-0.05, 0) is 42.5 Å². The van der Waals surface area contributed by atoms with Crippen LogP contribution in [0, 0.1) is 5.92 Å². The number of methoxy groups -OCH3 is 1. The summed E-state index contributed by atoms with van der Waals surface area (Å²) < 4.78 is 48.8. The Balaban J connectivity index is 1.54. The van der Waals surface area contributed by atoms with Crippen LogP contribution in [0.25, 0.3) is 0 Å². The third-order valence-electron chi connectivity index (χ3n) is 4.74. The first kappa shape index (κ1) is 23.4. The molecule has 1 atom stereocenters. The van der Waals surface area contributed by atoms with E-state index in [2.05, 4.69) is 5.32 Å². The lowest BCUT2D eigenvalue weighted by molar-refractivity contribution is -0.151. The molecule has 1 saturated heterocycles. The predicted molar refractivity (Wildman–Crippen MR) is 109 cm³/mol. The van der Waals surface area contributed by atoms with E-state index in [-0.39, 0.29) is 24.6 Å². The summed E-state index contributed by atoms with van der Waals surface area (Å²) in [6, 6.07) is 9.60. The highest BCUT2D eigenvalue weighted by Crippen LogP contribution is 2.36. The van der Waals surface area contributed by atoms with Crippen molar-refractivity contribution < 1.29 is 37.0 Å². The number of benzene rings is 2. The number of ether oxygens (including phenoxy) is 2. The monoisotopic (exact) mass is 470 g/mol. The first-order valence-corrected chi connectivity index (χ1v) is 9.74. The van der Waals surface area contributed by atoms with Crippen molar-refractivity contribution in [2.75, 3.05) is 30.5 Å². The molecule has 1 aliphatic rings. The number of nitrogens with one attached hydrogen (secondary N) is 1. The van der Waals surface area contributed by atoms with Crippen LogP contribution < -0.4 is 15.0 Å². The van der Waals surface area contributed by atoms with E-state index in [1.54, 1.807) is 24.3 Å². The fourth-order valence-electron chi connectivity index (χ4n) is 3.15. The fraction of sp³-hybridized carbons (Fsp3) is 0.286. The number of hydrogen-bond donors (Lipinski definition) is 1. The van der Waals surface area contributed by atoms with Gasteiger partial charge in [0.1, 0.15) is 5.75 Å². The Hall–Kier alpha value is -3.27. The first-order valence-electron chi connectivity index (χ1n) is 9.36. The maximum Gasteiger partial charge on any atom is 0.417 e. The van der Waals surface area contributed by atoms with E-state index in [0.29, 0.717) is 17.5 Å². The Bertz CT molecular complexity index is 1030. The Morgan fingerprint density at radius 1 is 1.19 bits per heavy atom. The van der Waals surface area contributed by atoms with Gasteiger partial charge in [-0.25, -0.2) is 0 Å². The fourth-order valence-corrected chi connectivity index (χ4v) is 3.37. The number of hydrogen-bond acceptors (Lipinski definition) is 5. The number of anilines is 2. The zero-order chi connectivity index (χ0) is 23.5. The molecular weight excluding hydrogens is 453 g/mol. The second kappa shape index (κ2) is 9.47. The van der Waals surface area contributed by atoms with Crippen LogP contribution in [-0.4, -0.2) is 38.0 Å². The molecule has 0 spiro atoms. The molecule has 0 aromatic heterocycles. The van der Waals surface area contributed by atoms with Gasteiger partial charge in [-0.3, -0.25) is 14.4 Å². The molecule has 1 N–H and O–H groups in total. The Morgan fingerprint density at radius 3 is 2.50 bits per heavy atom. The molecule has 1 heterocycles. The summed E-state index contributed by atoms with van der Waals surface area (Å²) in [7, 11) is 1.51. The largest absolute Gasteiger partial charge is 0.497 e. The van der Waals surface area contributed by atoms with Crippen molar-refractivity contribution >= 4 is 40.8 Å². The molecule has 170 valence electrons. The average Bonchev–Trinajstić information content (AvgIpc) is 3.14. The Morgan fingerprint density at radius 2 is 1.88 bits per heavy atom. The van der Waals surface area contributed by atoms with Crippen LogP contribution in [0.1, 0.15) is 12.0 Å². The van der Waals surface area contributed by atoms with E-state index < -0.39 is 41.2 Å². The first-order chi connectivity index (χ1) is 15.1. The van der Waals surface area contributed by atoms with Crippen LogP contribution in [0.2, 0.25) is 5.02 Å². The number of alkyl halides is 3. The zero-order valence-electron chi connectivity index (χ0n) is 16.7. The summed E-state index contributed by atoms with van der Waals surface area (Å²) in [5.74, 6) is -2.01. The minimum Gasteiger partial charge on any atom is -0.497 e. The Kier molecular flexibility index (Phi) is 6.93. The maximum atomic E-state index is 12.9. The SMILES string of the molecule is COc1ccc(N2C[C@@H](C(=O)OCC(=O)Nc3ccc(Cl)c(C(F)(F)F)c3)CC2=O)cc1. The highest BCUT2D eigenvalue weighted by atomic mass is 35.5. The molecule has 3 rings (SSSR count). The lowest BCUT2D eigenvalue weighted by Crippen LogP contribution is -2.28. The van der Waals surface area contributed by atoms with Gasteiger partial charge in [0.2, 0.25) is 5.91 Å². The van der Waals surface area contributed by atoms with Gasteiger partial charge >= 0.3 is 12.1 Å². The van der Waals surface area contributed by atoms with E-state index in [1.807, 2.05) is 0 Å². The smallest absolute Gasteiger partial charge is 0.417 e. The third-order valence-corrected chi connectivity index (χ3v) is 5.07. The normalized spacial score (nSPS) is 16.1. The molecule has 1 aliphatic heterocycles. The van der Waals surface area contributed by atoms with Crippen LogP contribution in [0.15, 0.2) is 42.5 Å². The highest BCUT2D eigenvalue weighted by molar-refractivity contribution is 6.31. The van der Waals surface area contributed by atoms with E-state index in [1.165, 1.54) is 18.1 Å². The second-order valence-electron chi connectivity index (χ2n) is 6.95. The number of amides is 2. The summed E-state index contributed by atoms with van der Waals surface area (Å²) in [6.07, 6.45) is -4.77. The molecule has 0 saturated carbocycles. The van der Waals surface area contributed by atoms with Gasteiger partial charge in [0.15, 0.2) is 6.61 Å². The minimum absolute atomic E-state index is 0.0811. The number of halogens is 4. The summed E-state index contributed by atoms with van der Waals surface area (Å²) >= 11 is 5.54. The predicted octanol–water partition coefficient (Wildman–Crippen LogP) is 3.90. The molecule has 0 radical (unpaired) electrons. The van der Waals surface area contributed by atoms with Crippen molar-refractivity contribution in [3.63, 3.8) is 0 Å². The van der Waals surface area contributed by atoms with Crippen molar-refractivity contribution in [2.24, 2.45) is 5.92 Å². The van der Waals surface area contributed by atoms with Gasteiger partial charge in [-0.15, -0.1) is 0 Å². The summed E-state index contributed by atoms with van der Waals surface area (Å²) in [4.78, 5) is 38.0. The zero-order valence-corrected chi connectivity index (χ0v) is 17.5. The summed E-state index contributed by atoms with van der Waals surface area (Å²) in [5.41, 5.74) is -0.659. The van der Waals surface area contributed by atoms with Gasteiger partial charge in [-0.1, -0.05) is 11.6 Å². The molecule has 0 bridgehead atoms. The van der Waals surface area contributed by atoms with Gasteiger partial charge in [0.05, 0.1) is 23.6 Å². The van der Waals surface area contributed by atoms with Gasteiger partial charge in [0.25, 0.3) is 5.91 Å². The number of carbonyl (C=O) groups is 3. The standard InChI is InChI=1S/C21H18ClF3N2O5/c1-31-15-5-3-14(4-6-15)27-10-12(8-19(27)29)20(30)32-11-18(28)26-13-2-7-17(22)16(9-13)21(23,24)25/h2-7,9,12H,8,10-11H2,1H3,(H,26,28)/t12-/m0/s1. The molecule has 0 aliphatic carbocycles. The number of esters is 1. The maximum absolute atomic E-state index is 12.9. The van der Waals surface area contributed by atoms with Gasteiger partial charge in [0, 0.05) is 24.3 Å². The van der Waals surface area contributed by atoms with Crippen LogP contribution in [-0.2, 0) is 25.3 Å². The van der Waals surface area contributed by atoms with Crippen LogP contribution in [0.3, 0.4) is 0 Å². The molecule has 32 heavy (non-hydrogen) atoms. The molecule has 11 heteroatoms. The summed E-state index contributed by atoms with van der Waals surface area (Å²) in [5, 5.41) is 1.71. The van der Waals surface area contributed by atoms with Crippen LogP contribution in [0.5, 0.6) is 5.75 Å². The molecule has 2 amide bonds. The average molecular weight is 471 g/mol. The second-order valence-corrected chi connectivity index (χ2v) is 7.36. The molecule has 2 aromatic rings. The number of carbonyl (C=O) groups excluding carboxylic acids is 3. The minimum atomic E-state index is -4.69. The topological polar surface area (TPSA) is 84.9 Å². The van der Waals surface area contributed by atoms with Crippen molar-refractivity contribution in [3.8, 4) is 5.75 Å². The van der Waals surface area contributed by atoms with Gasteiger partial charge < -0.3 is 19.7 Å². The van der Waals surface area contributed by atoms with Gasteiger partial charge in [-0.2, -0.15) is 13.2 Å². The number of rotatable bonds is 6. The van der Waals surface area contributed by atoms with Crippen molar-refractivity contribution in [2.45, 2.75) is 12.6 Å². The number of nitrogens with zero attached hydrogens (tertiary/aromatic N) is 1. The van der Waals surface area contributed by atoms with E-state index in [4.69, 9.17) is 21.1 Å². The molecule has 1 fully saturated rings. The van der Waals surface area contributed by atoms with Crippen LogP contribution in [0.4, 0.5) is 24.5 Å². The Labute approximate surface area is 186 Å². The third kappa shape index (κ3) is 5.50. The quantitative estimate of drug-likeness (QED) is 0.647. The van der Waals surface area contributed by atoms with E-state index >= 15 is 0 Å².